The van der Waals surface area contributed by atoms with E-state index in [1.165, 1.54) is 33.0 Å². The molecule has 0 amide bonds. The SMILES string of the molecule is C=CC(CCl)OC1c2ccccc2Cc2ccc3ccccc3c21.CC. The van der Waals surface area contributed by atoms with E-state index in [0.717, 1.165) is 6.42 Å². The zero-order valence-corrected chi connectivity index (χ0v) is 16.2. The first kappa shape index (κ1) is 18.7. The maximum Gasteiger partial charge on any atom is 0.110 e. The molecule has 0 saturated carbocycles. The molecule has 0 N–H and O–H groups in total. The van der Waals surface area contributed by atoms with Crippen LogP contribution in [0.1, 0.15) is 42.2 Å². The van der Waals surface area contributed by atoms with Crippen molar-refractivity contribution in [3.63, 3.8) is 0 Å². The highest BCUT2D eigenvalue weighted by Crippen LogP contribution is 2.41. The van der Waals surface area contributed by atoms with Crippen LogP contribution in [0.3, 0.4) is 0 Å². The van der Waals surface area contributed by atoms with Crippen LogP contribution in [0.2, 0.25) is 0 Å². The van der Waals surface area contributed by atoms with E-state index in [1.807, 2.05) is 13.8 Å². The maximum atomic E-state index is 6.40. The highest BCUT2D eigenvalue weighted by molar-refractivity contribution is 6.18. The molecule has 0 aromatic heterocycles. The Morgan fingerprint density at radius 1 is 1.04 bits per heavy atom. The molecule has 0 heterocycles. The zero-order chi connectivity index (χ0) is 18.5. The molecule has 1 aliphatic carbocycles. The summed E-state index contributed by atoms with van der Waals surface area (Å²) in [5.41, 5.74) is 5.15. The van der Waals surface area contributed by atoms with Gasteiger partial charge in [-0.3, -0.25) is 0 Å². The van der Waals surface area contributed by atoms with E-state index in [9.17, 15) is 0 Å². The number of rotatable bonds is 4. The van der Waals surface area contributed by atoms with Crippen LogP contribution < -0.4 is 0 Å². The van der Waals surface area contributed by atoms with E-state index in [4.69, 9.17) is 16.3 Å². The fraction of sp³-hybridized carbons (Fsp3) is 0.250. The Hall–Kier alpha value is -2.09. The second-order valence-corrected chi connectivity index (χ2v) is 6.49. The van der Waals surface area contributed by atoms with E-state index in [1.54, 1.807) is 6.08 Å². The number of ether oxygens (including phenoxy) is 1. The lowest BCUT2D eigenvalue weighted by Crippen LogP contribution is -2.22. The van der Waals surface area contributed by atoms with Crippen LogP contribution in [0.5, 0.6) is 0 Å². The summed E-state index contributed by atoms with van der Waals surface area (Å²) in [6, 6.07) is 21.5. The predicted octanol–water partition coefficient (Wildman–Crippen LogP) is 6.67. The third-order valence-electron chi connectivity index (χ3n) is 4.77. The van der Waals surface area contributed by atoms with Gasteiger partial charge in [-0.05, 0) is 39.4 Å². The first-order valence-corrected chi connectivity index (χ1v) is 9.77. The van der Waals surface area contributed by atoms with Crippen molar-refractivity contribution < 1.29 is 4.74 Å². The number of halogens is 1. The average Bonchev–Trinajstić information content (AvgIpc) is 2.72. The quantitative estimate of drug-likeness (QED) is 0.371. The van der Waals surface area contributed by atoms with Crippen LogP contribution in [-0.4, -0.2) is 12.0 Å². The van der Waals surface area contributed by atoms with E-state index in [0.29, 0.717) is 5.88 Å². The fourth-order valence-corrected chi connectivity index (χ4v) is 3.79. The molecule has 0 spiro atoms. The van der Waals surface area contributed by atoms with Crippen LogP contribution in [0, 0.1) is 0 Å². The lowest BCUT2D eigenvalue weighted by molar-refractivity contribution is 0.0475. The third kappa shape index (κ3) is 3.42. The fourth-order valence-electron chi connectivity index (χ4n) is 3.59. The molecule has 0 fully saturated rings. The van der Waals surface area contributed by atoms with Gasteiger partial charge in [0.05, 0.1) is 12.0 Å². The van der Waals surface area contributed by atoms with Gasteiger partial charge in [-0.1, -0.05) is 80.6 Å². The molecule has 0 radical (unpaired) electrons. The van der Waals surface area contributed by atoms with Gasteiger partial charge in [0, 0.05) is 0 Å². The van der Waals surface area contributed by atoms with Gasteiger partial charge in [0.15, 0.2) is 0 Å². The van der Waals surface area contributed by atoms with Gasteiger partial charge >= 0.3 is 0 Å². The Bertz CT molecular complexity index is 900. The van der Waals surface area contributed by atoms with Gasteiger partial charge in [0.25, 0.3) is 0 Å². The summed E-state index contributed by atoms with van der Waals surface area (Å²) in [6.07, 6.45) is 2.44. The average molecular weight is 365 g/mol. The summed E-state index contributed by atoms with van der Waals surface area (Å²) >= 11 is 6.06. The Morgan fingerprint density at radius 2 is 1.77 bits per heavy atom. The highest BCUT2D eigenvalue weighted by atomic mass is 35.5. The number of hydrogen-bond acceptors (Lipinski definition) is 1. The predicted molar refractivity (Wildman–Crippen MR) is 112 cm³/mol. The minimum Gasteiger partial charge on any atom is -0.360 e. The molecule has 2 heteroatoms. The zero-order valence-electron chi connectivity index (χ0n) is 15.4. The lowest BCUT2D eigenvalue weighted by atomic mass is 9.81. The van der Waals surface area contributed by atoms with Crippen molar-refractivity contribution >= 4 is 22.4 Å². The summed E-state index contributed by atoms with van der Waals surface area (Å²) in [5.74, 6) is 0.405. The summed E-state index contributed by atoms with van der Waals surface area (Å²) in [4.78, 5) is 0. The molecular weight excluding hydrogens is 340 g/mol. The van der Waals surface area contributed by atoms with Gasteiger partial charge in [0.1, 0.15) is 6.10 Å². The summed E-state index contributed by atoms with van der Waals surface area (Å²) in [7, 11) is 0. The molecule has 0 saturated heterocycles. The monoisotopic (exact) mass is 364 g/mol. The summed E-state index contributed by atoms with van der Waals surface area (Å²) in [5, 5.41) is 2.50. The molecule has 0 aliphatic heterocycles. The van der Waals surface area contributed by atoms with E-state index in [2.05, 4.69) is 67.2 Å². The Labute approximate surface area is 161 Å². The lowest BCUT2D eigenvalue weighted by Gasteiger charge is -2.31. The second-order valence-electron chi connectivity index (χ2n) is 6.18. The van der Waals surface area contributed by atoms with Crippen LogP contribution in [-0.2, 0) is 11.2 Å². The molecule has 3 aromatic rings. The van der Waals surface area contributed by atoms with Crippen molar-refractivity contribution in [1.82, 2.24) is 0 Å². The largest absolute Gasteiger partial charge is 0.360 e. The number of alkyl halides is 1. The van der Waals surface area contributed by atoms with Crippen LogP contribution >= 0.6 is 11.6 Å². The first-order chi connectivity index (χ1) is 12.8. The van der Waals surface area contributed by atoms with Crippen LogP contribution in [0.4, 0.5) is 0 Å². The van der Waals surface area contributed by atoms with Gasteiger partial charge in [-0.25, -0.2) is 0 Å². The molecule has 3 aromatic carbocycles. The van der Waals surface area contributed by atoms with Crippen LogP contribution in [0.25, 0.3) is 10.8 Å². The number of hydrogen-bond donors (Lipinski definition) is 0. The standard InChI is InChI=1S/C22H19ClO.C2H6/c1-2-18(14-23)24-22-20-10-6-4-8-16(20)13-17-12-11-15-7-3-5-9-19(15)21(17)22;1-2/h2-12,18,22H,1,13-14H2;1-2H3. The highest BCUT2D eigenvalue weighted by Gasteiger charge is 2.29. The van der Waals surface area contributed by atoms with Crippen molar-refractivity contribution in [3.8, 4) is 0 Å². The normalized spacial score (nSPS) is 16.0. The molecular formula is C24H25ClO. The minimum atomic E-state index is -0.172. The van der Waals surface area contributed by atoms with Gasteiger partial charge in [-0.15, -0.1) is 18.2 Å². The Morgan fingerprint density at radius 3 is 2.54 bits per heavy atom. The van der Waals surface area contributed by atoms with Crippen molar-refractivity contribution in [2.75, 3.05) is 5.88 Å². The maximum absolute atomic E-state index is 6.40. The Balaban J connectivity index is 0.000000948. The summed E-state index contributed by atoms with van der Waals surface area (Å²) < 4.78 is 6.40. The van der Waals surface area contributed by atoms with Gasteiger partial charge in [0.2, 0.25) is 0 Å². The first-order valence-electron chi connectivity index (χ1n) is 9.24. The minimum absolute atomic E-state index is 0.113. The molecule has 2 atom stereocenters. The molecule has 26 heavy (non-hydrogen) atoms. The third-order valence-corrected chi connectivity index (χ3v) is 5.07. The smallest absolute Gasteiger partial charge is 0.110 e. The van der Waals surface area contributed by atoms with E-state index < -0.39 is 0 Å². The van der Waals surface area contributed by atoms with E-state index in [-0.39, 0.29) is 12.2 Å². The van der Waals surface area contributed by atoms with Crippen LogP contribution in [0.15, 0.2) is 73.3 Å². The van der Waals surface area contributed by atoms with Gasteiger partial charge < -0.3 is 4.74 Å². The summed E-state index contributed by atoms with van der Waals surface area (Å²) in [6.45, 7) is 7.86. The second kappa shape index (κ2) is 8.53. The Kier molecular flexibility index (Phi) is 6.13. The molecule has 134 valence electrons. The number of benzene rings is 3. The molecule has 4 rings (SSSR count). The molecule has 2 unspecified atom stereocenters. The van der Waals surface area contributed by atoms with E-state index >= 15 is 0 Å². The van der Waals surface area contributed by atoms with Crippen molar-refractivity contribution in [2.24, 2.45) is 0 Å². The molecule has 1 nitrogen and oxygen atoms in total. The number of fused-ring (bicyclic) bond motifs is 4. The van der Waals surface area contributed by atoms with Gasteiger partial charge in [-0.2, -0.15) is 0 Å². The van der Waals surface area contributed by atoms with Crippen molar-refractivity contribution in [1.29, 1.82) is 0 Å². The topological polar surface area (TPSA) is 9.23 Å². The van der Waals surface area contributed by atoms with Crippen molar-refractivity contribution in [3.05, 3.63) is 95.6 Å². The van der Waals surface area contributed by atoms with Crippen molar-refractivity contribution in [2.45, 2.75) is 32.5 Å². The molecule has 1 aliphatic rings. The molecule has 0 bridgehead atoms.